The molecule has 28 heavy (non-hydrogen) atoms. The fraction of sp³-hybridized carbons (Fsp3) is 0.150. The van der Waals surface area contributed by atoms with Crippen LogP contribution in [0.25, 0.3) is 22.2 Å². The number of aromatic nitrogens is 5. The van der Waals surface area contributed by atoms with E-state index in [1.165, 1.54) is 0 Å². The van der Waals surface area contributed by atoms with E-state index in [9.17, 15) is 4.79 Å². The SMILES string of the molecule is Cc1ccc2nc(-c3cccnc3)cc(C(=O)N[C@@H](C)c3nc(N)n[nH]3)c2c1. The van der Waals surface area contributed by atoms with E-state index in [1.54, 1.807) is 18.5 Å². The summed E-state index contributed by atoms with van der Waals surface area (Å²) in [6.45, 7) is 3.80. The topological polar surface area (TPSA) is 122 Å². The maximum Gasteiger partial charge on any atom is 0.252 e. The van der Waals surface area contributed by atoms with Crippen LogP contribution in [0, 0.1) is 6.92 Å². The van der Waals surface area contributed by atoms with Crippen LogP contribution in [0.15, 0.2) is 48.8 Å². The molecular formula is C20H19N7O. The van der Waals surface area contributed by atoms with Gasteiger partial charge in [0.05, 0.1) is 22.8 Å². The predicted molar refractivity (Wildman–Crippen MR) is 106 cm³/mol. The van der Waals surface area contributed by atoms with Crippen LogP contribution in [0.1, 0.15) is 34.7 Å². The van der Waals surface area contributed by atoms with Crippen molar-refractivity contribution >= 4 is 22.8 Å². The number of hydrogen-bond donors (Lipinski definition) is 3. The molecule has 4 N–H and O–H groups in total. The van der Waals surface area contributed by atoms with Gasteiger partial charge in [0.2, 0.25) is 5.95 Å². The number of rotatable bonds is 4. The first-order chi connectivity index (χ1) is 13.5. The van der Waals surface area contributed by atoms with Gasteiger partial charge in [-0.25, -0.2) is 4.98 Å². The lowest BCUT2D eigenvalue weighted by Gasteiger charge is -2.14. The zero-order chi connectivity index (χ0) is 19.7. The summed E-state index contributed by atoms with van der Waals surface area (Å²) < 4.78 is 0. The summed E-state index contributed by atoms with van der Waals surface area (Å²) in [6.07, 6.45) is 3.43. The standard InChI is InChI=1S/C20H19N7O/c1-11-5-6-16-14(8-11)15(9-17(24-16)13-4-3-7-22-10-13)19(28)23-12(2)18-25-20(21)27-26-18/h3-10,12H,1-2H3,(H,23,28)(H3,21,25,26,27)/t12-/m0/s1. The second kappa shape index (κ2) is 7.07. The number of H-pyrrole nitrogens is 1. The van der Waals surface area contributed by atoms with E-state index < -0.39 is 0 Å². The Morgan fingerprint density at radius 1 is 1.21 bits per heavy atom. The Labute approximate surface area is 161 Å². The lowest BCUT2D eigenvalue weighted by molar-refractivity contribution is 0.0940. The number of hydrogen-bond acceptors (Lipinski definition) is 6. The van der Waals surface area contributed by atoms with Gasteiger partial charge < -0.3 is 11.1 Å². The predicted octanol–water partition coefficient (Wildman–Crippen LogP) is 2.80. The molecule has 0 bridgehead atoms. The molecule has 4 rings (SSSR count). The van der Waals surface area contributed by atoms with Crippen molar-refractivity contribution < 1.29 is 4.79 Å². The molecule has 1 aromatic carbocycles. The number of aryl methyl sites for hydroxylation is 1. The molecule has 1 atom stereocenters. The molecule has 4 aromatic rings. The number of fused-ring (bicyclic) bond motifs is 1. The minimum Gasteiger partial charge on any atom is -0.367 e. The van der Waals surface area contributed by atoms with Gasteiger partial charge in [0.1, 0.15) is 5.82 Å². The normalized spacial score (nSPS) is 12.1. The molecule has 0 saturated carbocycles. The van der Waals surface area contributed by atoms with Gasteiger partial charge >= 0.3 is 0 Å². The molecule has 0 spiro atoms. The van der Waals surface area contributed by atoms with Crippen LogP contribution in [0.5, 0.6) is 0 Å². The summed E-state index contributed by atoms with van der Waals surface area (Å²) in [5, 5.41) is 10.3. The van der Waals surface area contributed by atoms with Crippen LogP contribution in [0.3, 0.4) is 0 Å². The molecule has 0 fully saturated rings. The second-order valence-corrected chi connectivity index (χ2v) is 6.59. The lowest BCUT2D eigenvalue weighted by Crippen LogP contribution is -2.27. The van der Waals surface area contributed by atoms with Gasteiger partial charge in [0, 0.05) is 23.3 Å². The Bertz CT molecular complexity index is 1150. The summed E-state index contributed by atoms with van der Waals surface area (Å²) in [5.41, 5.74) is 9.41. The fourth-order valence-electron chi connectivity index (χ4n) is 3.01. The molecule has 0 aliphatic heterocycles. The third-order valence-corrected chi connectivity index (χ3v) is 4.44. The number of amides is 1. The summed E-state index contributed by atoms with van der Waals surface area (Å²) in [7, 11) is 0. The number of nitrogens with two attached hydrogens (primary N) is 1. The van der Waals surface area contributed by atoms with Crippen molar-refractivity contribution in [2.45, 2.75) is 19.9 Å². The van der Waals surface area contributed by atoms with E-state index in [4.69, 9.17) is 10.7 Å². The Morgan fingerprint density at radius 2 is 2.07 bits per heavy atom. The van der Waals surface area contributed by atoms with Crippen molar-refractivity contribution in [2.75, 3.05) is 5.73 Å². The van der Waals surface area contributed by atoms with E-state index in [-0.39, 0.29) is 17.9 Å². The van der Waals surface area contributed by atoms with Crippen molar-refractivity contribution in [1.29, 1.82) is 0 Å². The Morgan fingerprint density at radius 3 is 2.79 bits per heavy atom. The number of nitrogens with one attached hydrogen (secondary N) is 2. The van der Waals surface area contributed by atoms with Gasteiger partial charge in [-0.1, -0.05) is 11.6 Å². The quantitative estimate of drug-likeness (QED) is 0.505. The number of carbonyl (C=O) groups excluding carboxylic acids is 1. The van der Waals surface area contributed by atoms with Crippen LogP contribution >= 0.6 is 0 Å². The van der Waals surface area contributed by atoms with E-state index in [0.29, 0.717) is 17.1 Å². The van der Waals surface area contributed by atoms with Crippen molar-refractivity contribution in [3.8, 4) is 11.3 Å². The number of anilines is 1. The largest absolute Gasteiger partial charge is 0.367 e. The minimum absolute atomic E-state index is 0.139. The Hall–Kier alpha value is -3.81. The first-order valence-corrected chi connectivity index (χ1v) is 8.81. The van der Waals surface area contributed by atoms with E-state index in [2.05, 4.69) is 25.5 Å². The smallest absolute Gasteiger partial charge is 0.252 e. The molecule has 0 saturated heterocycles. The molecule has 3 heterocycles. The molecule has 3 aromatic heterocycles. The van der Waals surface area contributed by atoms with Gasteiger partial charge in [0.25, 0.3) is 5.91 Å². The average molecular weight is 373 g/mol. The van der Waals surface area contributed by atoms with Crippen molar-refractivity contribution in [1.82, 2.24) is 30.5 Å². The Balaban J connectivity index is 1.77. The fourth-order valence-corrected chi connectivity index (χ4v) is 3.01. The lowest BCUT2D eigenvalue weighted by atomic mass is 10.0. The number of benzene rings is 1. The van der Waals surface area contributed by atoms with Crippen molar-refractivity contribution in [3.63, 3.8) is 0 Å². The zero-order valence-electron chi connectivity index (χ0n) is 15.5. The van der Waals surface area contributed by atoms with E-state index >= 15 is 0 Å². The van der Waals surface area contributed by atoms with Gasteiger partial charge in [-0.15, -0.1) is 5.10 Å². The van der Waals surface area contributed by atoms with Crippen LogP contribution in [0.2, 0.25) is 0 Å². The van der Waals surface area contributed by atoms with Gasteiger partial charge in [-0.05, 0) is 44.2 Å². The molecular weight excluding hydrogens is 354 g/mol. The monoisotopic (exact) mass is 373 g/mol. The molecule has 140 valence electrons. The molecule has 1 amide bonds. The van der Waals surface area contributed by atoms with Gasteiger partial charge in [0.15, 0.2) is 0 Å². The van der Waals surface area contributed by atoms with Gasteiger partial charge in [-0.2, -0.15) is 4.98 Å². The number of aromatic amines is 1. The first-order valence-electron chi connectivity index (χ1n) is 8.81. The Kier molecular flexibility index (Phi) is 4.44. The molecule has 0 aliphatic rings. The number of carbonyl (C=O) groups is 1. The minimum atomic E-state index is -0.382. The highest BCUT2D eigenvalue weighted by Gasteiger charge is 2.18. The third kappa shape index (κ3) is 3.39. The summed E-state index contributed by atoms with van der Waals surface area (Å²) in [6, 6.07) is 11.0. The summed E-state index contributed by atoms with van der Waals surface area (Å²) in [5.74, 6) is 0.401. The maximum absolute atomic E-state index is 13.1. The van der Waals surface area contributed by atoms with Crippen LogP contribution < -0.4 is 11.1 Å². The number of nitrogen functional groups attached to an aromatic ring is 1. The molecule has 0 unspecified atom stereocenters. The highest BCUT2D eigenvalue weighted by atomic mass is 16.1. The van der Waals surface area contributed by atoms with Crippen LogP contribution in [-0.4, -0.2) is 31.1 Å². The summed E-state index contributed by atoms with van der Waals surface area (Å²) >= 11 is 0. The molecule has 0 radical (unpaired) electrons. The van der Waals surface area contributed by atoms with Crippen molar-refractivity contribution in [2.24, 2.45) is 0 Å². The first kappa shape index (κ1) is 17.6. The number of nitrogens with zero attached hydrogens (tertiary/aromatic N) is 4. The molecule has 8 nitrogen and oxygen atoms in total. The van der Waals surface area contributed by atoms with Crippen LogP contribution in [-0.2, 0) is 0 Å². The van der Waals surface area contributed by atoms with Gasteiger partial charge in [-0.3, -0.25) is 14.9 Å². The average Bonchev–Trinajstić information content (AvgIpc) is 3.14. The maximum atomic E-state index is 13.1. The highest BCUT2D eigenvalue weighted by Crippen LogP contribution is 2.26. The highest BCUT2D eigenvalue weighted by molar-refractivity contribution is 6.07. The third-order valence-electron chi connectivity index (χ3n) is 4.44. The van der Waals surface area contributed by atoms with E-state index in [1.807, 2.05) is 44.2 Å². The van der Waals surface area contributed by atoms with E-state index in [0.717, 1.165) is 22.0 Å². The zero-order valence-corrected chi connectivity index (χ0v) is 15.5. The van der Waals surface area contributed by atoms with Crippen LogP contribution in [0.4, 0.5) is 5.95 Å². The molecule has 8 heteroatoms. The number of pyridine rings is 2. The molecule has 0 aliphatic carbocycles. The second-order valence-electron chi connectivity index (χ2n) is 6.59. The van der Waals surface area contributed by atoms with Crippen molar-refractivity contribution in [3.05, 3.63) is 65.7 Å². The summed E-state index contributed by atoms with van der Waals surface area (Å²) in [4.78, 5) is 26.0.